The Kier molecular flexibility index (Phi) is 5.86. The number of carbonyl (C=O) groups is 1. The highest BCUT2D eigenvalue weighted by Crippen LogP contribution is 2.18. The van der Waals surface area contributed by atoms with Crippen LogP contribution < -0.4 is 5.32 Å². The number of benzene rings is 1. The molecule has 1 saturated heterocycles. The summed E-state index contributed by atoms with van der Waals surface area (Å²) < 4.78 is 6.48. The first kappa shape index (κ1) is 15.3. The number of amides is 1. The molecular weight excluding hydrogens is 320 g/mol. The Morgan fingerprint density at radius 2 is 2.20 bits per heavy atom. The molecule has 4 nitrogen and oxygen atoms in total. The van der Waals surface area contributed by atoms with Gasteiger partial charge >= 0.3 is 6.09 Å². The van der Waals surface area contributed by atoms with Crippen molar-refractivity contribution in [1.82, 2.24) is 10.2 Å². The normalized spacial score (nSPS) is 16.9. The van der Waals surface area contributed by atoms with E-state index >= 15 is 0 Å². The van der Waals surface area contributed by atoms with E-state index in [4.69, 9.17) is 4.74 Å². The Balaban J connectivity index is 1.75. The summed E-state index contributed by atoms with van der Waals surface area (Å²) in [5.41, 5.74) is 1.31. The highest BCUT2D eigenvalue weighted by Gasteiger charge is 2.22. The van der Waals surface area contributed by atoms with Crippen molar-refractivity contribution in [2.24, 2.45) is 0 Å². The van der Waals surface area contributed by atoms with Crippen LogP contribution in [-0.4, -0.2) is 36.7 Å². The summed E-state index contributed by atoms with van der Waals surface area (Å²) in [6.45, 7) is 5.39. The number of nitrogens with one attached hydrogen (secondary N) is 1. The molecule has 0 bridgehead atoms. The van der Waals surface area contributed by atoms with Crippen LogP contribution in [0, 0.1) is 0 Å². The van der Waals surface area contributed by atoms with Crippen molar-refractivity contribution in [3.05, 3.63) is 34.3 Å². The molecule has 0 aromatic heterocycles. The minimum absolute atomic E-state index is 0.0558. The second kappa shape index (κ2) is 7.64. The van der Waals surface area contributed by atoms with E-state index in [0.717, 1.165) is 36.9 Å². The lowest BCUT2D eigenvalue weighted by atomic mass is 10.1. The van der Waals surface area contributed by atoms with Gasteiger partial charge in [0.25, 0.3) is 0 Å². The van der Waals surface area contributed by atoms with Crippen molar-refractivity contribution in [3.63, 3.8) is 0 Å². The van der Waals surface area contributed by atoms with Gasteiger partial charge in [0, 0.05) is 30.7 Å². The van der Waals surface area contributed by atoms with E-state index in [1.54, 1.807) is 0 Å². The number of halogens is 1. The minimum atomic E-state index is -0.294. The van der Waals surface area contributed by atoms with Crippen LogP contribution >= 0.6 is 15.9 Å². The molecule has 0 saturated carbocycles. The summed E-state index contributed by atoms with van der Waals surface area (Å²) in [6, 6.07) is 8.39. The summed E-state index contributed by atoms with van der Waals surface area (Å²) in [6.07, 6.45) is 1.58. The van der Waals surface area contributed by atoms with Gasteiger partial charge in [-0.05, 0) is 37.5 Å². The van der Waals surface area contributed by atoms with Gasteiger partial charge in [0.05, 0.1) is 0 Å². The summed E-state index contributed by atoms with van der Waals surface area (Å²) in [4.78, 5) is 13.8. The maximum absolute atomic E-state index is 11.4. The fourth-order valence-corrected chi connectivity index (χ4v) is 2.86. The summed E-state index contributed by atoms with van der Waals surface area (Å²) in [5.74, 6) is 0. The summed E-state index contributed by atoms with van der Waals surface area (Å²) >= 11 is 3.50. The molecule has 1 heterocycles. The smallest absolute Gasteiger partial charge is 0.407 e. The first-order chi connectivity index (χ1) is 9.67. The van der Waals surface area contributed by atoms with E-state index in [1.807, 2.05) is 13.0 Å². The Bertz CT molecular complexity index is 445. The second-order valence-corrected chi connectivity index (χ2v) is 5.96. The summed E-state index contributed by atoms with van der Waals surface area (Å²) in [5, 5.41) is 2.67. The number of hydrogen-bond acceptors (Lipinski definition) is 3. The van der Waals surface area contributed by atoms with Crippen LogP contribution in [0.15, 0.2) is 28.7 Å². The fraction of sp³-hybridized carbons (Fsp3) is 0.533. The van der Waals surface area contributed by atoms with Gasteiger partial charge < -0.3 is 10.1 Å². The Morgan fingerprint density at radius 3 is 2.85 bits per heavy atom. The lowest BCUT2D eigenvalue weighted by molar-refractivity contribution is 0.0490. The molecule has 0 aliphatic carbocycles. The third-order valence-electron chi connectivity index (χ3n) is 3.42. The van der Waals surface area contributed by atoms with Crippen molar-refractivity contribution >= 4 is 22.0 Å². The molecule has 2 rings (SSSR count). The van der Waals surface area contributed by atoms with E-state index in [0.29, 0.717) is 6.54 Å². The monoisotopic (exact) mass is 340 g/mol. The van der Waals surface area contributed by atoms with Crippen molar-refractivity contribution in [3.8, 4) is 0 Å². The van der Waals surface area contributed by atoms with Crippen LogP contribution in [0.4, 0.5) is 4.79 Å². The highest BCUT2D eigenvalue weighted by atomic mass is 79.9. The number of likely N-dealkylation sites (tertiary alicyclic amines) is 1. The van der Waals surface area contributed by atoms with Gasteiger partial charge in [0.1, 0.15) is 6.10 Å². The average molecular weight is 341 g/mol. The zero-order valence-electron chi connectivity index (χ0n) is 11.8. The molecule has 0 spiro atoms. The quantitative estimate of drug-likeness (QED) is 0.915. The van der Waals surface area contributed by atoms with Gasteiger partial charge in [-0.2, -0.15) is 0 Å². The van der Waals surface area contributed by atoms with Crippen molar-refractivity contribution < 1.29 is 9.53 Å². The molecule has 1 aliphatic heterocycles. The van der Waals surface area contributed by atoms with Gasteiger partial charge in [-0.15, -0.1) is 0 Å². The fourth-order valence-electron chi connectivity index (χ4n) is 2.42. The predicted octanol–water partition coefficient (Wildman–Crippen LogP) is 3.16. The molecule has 1 N–H and O–H groups in total. The topological polar surface area (TPSA) is 41.6 Å². The van der Waals surface area contributed by atoms with Gasteiger partial charge in [0.15, 0.2) is 0 Å². The summed E-state index contributed by atoms with van der Waals surface area (Å²) in [7, 11) is 0. The SMILES string of the molecule is CCNC(=O)OC1CCN(Cc2cccc(Br)c2)CC1. The molecule has 1 aromatic carbocycles. The third-order valence-corrected chi connectivity index (χ3v) is 3.92. The Morgan fingerprint density at radius 1 is 1.45 bits per heavy atom. The number of carbonyl (C=O) groups excluding carboxylic acids is 1. The molecule has 1 aromatic rings. The van der Waals surface area contributed by atoms with Gasteiger partial charge in [-0.25, -0.2) is 4.79 Å². The molecule has 0 unspecified atom stereocenters. The van der Waals surface area contributed by atoms with Crippen molar-refractivity contribution in [1.29, 1.82) is 0 Å². The third kappa shape index (κ3) is 4.80. The van der Waals surface area contributed by atoms with Gasteiger partial charge in [-0.1, -0.05) is 28.1 Å². The standard InChI is InChI=1S/C15H21BrN2O2/c1-2-17-15(19)20-14-6-8-18(9-7-14)11-12-4-3-5-13(16)10-12/h3-5,10,14H,2,6-9,11H2,1H3,(H,17,19). The highest BCUT2D eigenvalue weighted by molar-refractivity contribution is 9.10. The Hall–Kier alpha value is -1.07. The average Bonchev–Trinajstić information content (AvgIpc) is 2.41. The minimum Gasteiger partial charge on any atom is -0.446 e. The maximum atomic E-state index is 11.4. The van der Waals surface area contributed by atoms with Crippen LogP contribution in [0.5, 0.6) is 0 Å². The predicted molar refractivity (Wildman–Crippen MR) is 82.6 cm³/mol. The second-order valence-electron chi connectivity index (χ2n) is 5.04. The first-order valence-corrected chi connectivity index (χ1v) is 7.88. The van der Waals surface area contributed by atoms with E-state index in [9.17, 15) is 4.79 Å². The lowest BCUT2D eigenvalue weighted by Gasteiger charge is -2.31. The zero-order chi connectivity index (χ0) is 14.4. The van der Waals surface area contributed by atoms with Gasteiger partial charge in [-0.3, -0.25) is 4.90 Å². The number of nitrogens with zero attached hydrogens (tertiary/aromatic N) is 1. The molecule has 1 aliphatic rings. The number of piperidine rings is 1. The van der Waals surface area contributed by atoms with Crippen molar-refractivity contribution in [2.75, 3.05) is 19.6 Å². The number of alkyl carbamates (subject to hydrolysis) is 1. The maximum Gasteiger partial charge on any atom is 0.407 e. The molecule has 110 valence electrons. The van der Waals surface area contributed by atoms with Gasteiger partial charge in [0.2, 0.25) is 0 Å². The van der Waals surface area contributed by atoms with Crippen LogP contribution in [0.3, 0.4) is 0 Å². The van der Waals surface area contributed by atoms with Crippen LogP contribution in [0.1, 0.15) is 25.3 Å². The lowest BCUT2D eigenvalue weighted by Crippen LogP contribution is -2.39. The molecular formula is C15H21BrN2O2. The zero-order valence-corrected chi connectivity index (χ0v) is 13.4. The number of ether oxygens (including phenoxy) is 1. The van der Waals surface area contributed by atoms with E-state index in [2.05, 4.69) is 44.3 Å². The van der Waals surface area contributed by atoms with E-state index in [1.165, 1.54) is 5.56 Å². The number of rotatable bonds is 4. The molecule has 5 heteroatoms. The largest absolute Gasteiger partial charge is 0.446 e. The van der Waals surface area contributed by atoms with Crippen LogP contribution in [0.25, 0.3) is 0 Å². The van der Waals surface area contributed by atoms with Crippen molar-refractivity contribution in [2.45, 2.75) is 32.4 Å². The molecule has 1 amide bonds. The molecule has 20 heavy (non-hydrogen) atoms. The van der Waals surface area contributed by atoms with Crippen LogP contribution in [0.2, 0.25) is 0 Å². The molecule has 1 fully saturated rings. The van der Waals surface area contributed by atoms with Crippen LogP contribution in [-0.2, 0) is 11.3 Å². The molecule has 0 atom stereocenters. The Labute approximate surface area is 128 Å². The van der Waals surface area contributed by atoms with E-state index in [-0.39, 0.29) is 12.2 Å². The number of hydrogen-bond donors (Lipinski definition) is 1. The van der Waals surface area contributed by atoms with E-state index < -0.39 is 0 Å². The first-order valence-electron chi connectivity index (χ1n) is 7.08. The molecule has 0 radical (unpaired) electrons.